The van der Waals surface area contributed by atoms with Gasteiger partial charge in [0.1, 0.15) is 12.4 Å². The molecule has 0 saturated carbocycles. The summed E-state index contributed by atoms with van der Waals surface area (Å²) in [7, 11) is 1.92. The molecule has 0 unspecified atom stereocenters. The van der Waals surface area contributed by atoms with E-state index in [-0.39, 0.29) is 0 Å². The molecular formula is C18H18N2O. The van der Waals surface area contributed by atoms with Crippen LogP contribution in [0.4, 0.5) is 5.69 Å². The molecule has 0 aliphatic carbocycles. The summed E-state index contributed by atoms with van der Waals surface area (Å²) in [5.41, 5.74) is 4.22. The molecule has 1 heterocycles. The largest absolute Gasteiger partial charge is 0.487 e. The minimum Gasteiger partial charge on any atom is -0.487 e. The Bertz CT molecular complexity index is 768. The normalized spacial score (nSPS) is 10.6. The van der Waals surface area contributed by atoms with Crippen LogP contribution in [0.3, 0.4) is 0 Å². The zero-order valence-corrected chi connectivity index (χ0v) is 12.3. The van der Waals surface area contributed by atoms with E-state index >= 15 is 0 Å². The molecule has 0 aliphatic heterocycles. The molecule has 0 fully saturated rings. The Kier molecular flexibility index (Phi) is 3.73. The van der Waals surface area contributed by atoms with Gasteiger partial charge in [-0.1, -0.05) is 24.3 Å². The summed E-state index contributed by atoms with van der Waals surface area (Å²) in [6.07, 6.45) is 0. The predicted molar refractivity (Wildman–Crippen MR) is 86.8 cm³/mol. The maximum absolute atomic E-state index is 5.83. The van der Waals surface area contributed by atoms with Gasteiger partial charge in [-0.3, -0.25) is 0 Å². The van der Waals surface area contributed by atoms with Crippen LogP contribution in [-0.2, 0) is 6.61 Å². The van der Waals surface area contributed by atoms with Crippen LogP contribution in [0.2, 0.25) is 0 Å². The van der Waals surface area contributed by atoms with E-state index in [4.69, 9.17) is 4.74 Å². The van der Waals surface area contributed by atoms with Gasteiger partial charge in [0.15, 0.2) is 0 Å². The molecule has 3 nitrogen and oxygen atoms in total. The highest BCUT2D eigenvalue weighted by atomic mass is 16.5. The number of ether oxygens (including phenoxy) is 1. The number of pyridine rings is 1. The minimum atomic E-state index is 0.475. The molecule has 2 aromatic carbocycles. The van der Waals surface area contributed by atoms with Crippen LogP contribution in [0.5, 0.6) is 5.75 Å². The molecule has 0 bridgehead atoms. The monoisotopic (exact) mass is 278 g/mol. The van der Waals surface area contributed by atoms with Crippen LogP contribution in [0.1, 0.15) is 11.3 Å². The summed E-state index contributed by atoms with van der Waals surface area (Å²) in [6, 6.07) is 18.2. The summed E-state index contributed by atoms with van der Waals surface area (Å²) in [4.78, 5) is 4.61. The lowest BCUT2D eigenvalue weighted by Gasteiger charge is -2.10. The number of benzene rings is 2. The lowest BCUT2D eigenvalue weighted by atomic mass is 10.2. The average Bonchev–Trinajstić information content (AvgIpc) is 2.53. The van der Waals surface area contributed by atoms with Gasteiger partial charge < -0.3 is 10.1 Å². The van der Waals surface area contributed by atoms with E-state index in [1.165, 1.54) is 5.56 Å². The van der Waals surface area contributed by atoms with Crippen molar-refractivity contribution >= 4 is 16.6 Å². The molecule has 0 atom stereocenters. The molecular weight excluding hydrogens is 260 g/mol. The third kappa shape index (κ3) is 2.97. The third-order valence-corrected chi connectivity index (χ3v) is 3.51. The van der Waals surface area contributed by atoms with Gasteiger partial charge in [-0.25, -0.2) is 4.98 Å². The molecule has 3 rings (SSSR count). The van der Waals surface area contributed by atoms with Crippen molar-refractivity contribution in [3.63, 3.8) is 0 Å². The number of hydrogen-bond acceptors (Lipinski definition) is 3. The molecule has 0 aliphatic rings. The highest BCUT2D eigenvalue weighted by molar-refractivity contribution is 5.78. The first kappa shape index (κ1) is 13.4. The van der Waals surface area contributed by atoms with E-state index in [0.717, 1.165) is 28.0 Å². The number of para-hydroxylation sites is 1. The summed E-state index contributed by atoms with van der Waals surface area (Å²) in [6.45, 7) is 2.54. The Morgan fingerprint density at radius 2 is 1.90 bits per heavy atom. The summed E-state index contributed by atoms with van der Waals surface area (Å²) in [5.74, 6) is 0.862. The van der Waals surface area contributed by atoms with Crippen LogP contribution in [0, 0.1) is 6.92 Å². The molecule has 1 N–H and O–H groups in total. The summed E-state index contributed by atoms with van der Waals surface area (Å²) < 4.78 is 5.83. The van der Waals surface area contributed by atoms with Crippen LogP contribution in [0.15, 0.2) is 54.6 Å². The molecule has 0 radical (unpaired) electrons. The van der Waals surface area contributed by atoms with Crippen molar-refractivity contribution in [2.45, 2.75) is 13.5 Å². The number of aromatic nitrogens is 1. The molecule has 21 heavy (non-hydrogen) atoms. The summed E-state index contributed by atoms with van der Waals surface area (Å²) >= 11 is 0. The fourth-order valence-corrected chi connectivity index (χ4v) is 2.35. The van der Waals surface area contributed by atoms with E-state index < -0.39 is 0 Å². The first-order chi connectivity index (χ1) is 10.3. The smallest absolute Gasteiger partial charge is 0.130 e. The number of nitrogens with one attached hydrogen (secondary N) is 1. The quantitative estimate of drug-likeness (QED) is 0.778. The fraction of sp³-hybridized carbons (Fsp3) is 0.167. The van der Waals surface area contributed by atoms with E-state index in [9.17, 15) is 0 Å². The van der Waals surface area contributed by atoms with Gasteiger partial charge in [-0.05, 0) is 42.8 Å². The Balaban J connectivity index is 1.75. The Morgan fingerprint density at radius 1 is 1.05 bits per heavy atom. The van der Waals surface area contributed by atoms with Crippen molar-refractivity contribution in [2.24, 2.45) is 0 Å². The maximum atomic E-state index is 5.83. The number of anilines is 1. The van der Waals surface area contributed by atoms with Gasteiger partial charge in [-0.2, -0.15) is 0 Å². The zero-order valence-electron chi connectivity index (χ0n) is 12.3. The van der Waals surface area contributed by atoms with Crippen LogP contribution >= 0.6 is 0 Å². The topological polar surface area (TPSA) is 34.1 Å². The SMILES string of the molecule is CNc1ccc(OCc2ccc3ccccc3n2)cc1C. The first-order valence-electron chi connectivity index (χ1n) is 7.02. The van der Waals surface area contributed by atoms with Gasteiger partial charge in [0.05, 0.1) is 11.2 Å². The Morgan fingerprint density at radius 3 is 2.71 bits per heavy atom. The Hall–Kier alpha value is -2.55. The lowest BCUT2D eigenvalue weighted by Crippen LogP contribution is -1.99. The van der Waals surface area contributed by atoms with Gasteiger partial charge in [-0.15, -0.1) is 0 Å². The predicted octanol–water partition coefficient (Wildman–Crippen LogP) is 4.16. The van der Waals surface area contributed by atoms with Crippen molar-refractivity contribution in [1.82, 2.24) is 4.98 Å². The third-order valence-electron chi connectivity index (χ3n) is 3.51. The van der Waals surface area contributed by atoms with Crippen molar-refractivity contribution in [2.75, 3.05) is 12.4 Å². The maximum Gasteiger partial charge on any atom is 0.130 e. The van der Waals surface area contributed by atoms with Crippen LogP contribution in [-0.4, -0.2) is 12.0 Å². The zero-order chi connectivity index (χ0) is 14.7. The van der Waals surface area contributed by atoms with Gasteiger partial charge in [0, 0.05) is 18.1 Å². The van der Waals surface area contributed by atoms with Crippen LogP contribution in [0.25, 0.3) is 10.9 Å². The number of hydrogen-bond donors (Lipinski definition) is 1. The van der Waals surface area contributed by atoms with Crippen LogP contribution < -0.4 is 10.1 Å². The Labute approximate surface area is 124 Å². The second-order valence-electron chi connectivity index (χ2n) is 5.01. The first-order valence-corrected chi connectivity index (χ1v) is 7.02. The molecule has 3 aromatic rings. The number of fused-ring (bicyclic) bond motifs is 1. The van der Waals surface area contributed by atoms with Crippen molar-refractivity contribution in [3.8, 4) is 5.75 Å². The minimum absolute atomic E-state index is 0.475. The second kappa shape index (κ2) is 5.83. The van der Waals surface area contributed by atoms with Crippen molar-refractivity contribution in [1.29, 1.82) is 0 Å². The van der Waals surface area contributed by atoms with E-state index in [1.54, 1.807) is 0 Å². The van der Waals surface area contributed by atoms with E-state index in [2.05, 4.69) is 29.4 Å². The highest BCUT2D eigenvalue weighted by Gasteiger charge is 2.02. The van der Waals surface area contributed by atoms with Crippen molar-refractivity contribution in [3.05, 3.63) is 65.9 Å². The lowest BCUT2D eigenvalue weighted by molar-refractivity contribution is 0.301. The van der Waals surface area contributed by atoms with Gasteiger partial charge in [0.25, 0.3) is 0 Å². The standard InChI is InChI=1S/C18H18N2O/c1-13-11-16(9-10-17(13)19-2)21-12-15-8-7-14-5-3-4-6-18(14)20-15/h3-11,19H,12H2,1-2H3. The van der Waals surface area contributed by atoms with E-state index in [1.807, 2.05) is 49.5 Å². The van der Waals surface area contributed by atoms with Crippen molar-refractivity contribution < 1.29 is 4.74 Å². The molecule has 0 saturated heterocycles. The number of rotatable bonds is 4. The van der Waals surface area contributed by atoms with Gasteiger partial charge in [0.2, 0.25) is 0 Å². The number of nitrogens with zero attached hydrogens (tertiary/aromatic N) is 1. The fourth-order valence-electron chi connectivity index (χ4n) is 2.35. The van der Waals surface area contributed by atoms with Gasteiger partial charge >= 0.3 is 0 Å². The molecule has 1 aromatic heterocycles. The number of aryl methyl sites for hydroxylation is 1. The summed E-state index contributed by atoms with van der Waals surface area (Å²) in [5, 5.41) is 4.30. The molecule has 0 spiro atoms. The average molecular weight is 278 g/mol. The molecule has 3 heteroatoms. The molecule has 0 amide bonds. The second-order valence-corrected chi connectivity index (χ2v) is 5.01. The van der Waals surface area contributed by atoms with E-state index in [0.29, 0.717) is 6.61 Å². The molecule has 106 valence electrons. The highest BCUT2D eigenvalue weighted by Crippen LogP contribution is 2.21.